The third-order valence-corrected chi connectivity index (χ3v) is 6.18. The number of halogens is 1. The van der Waals surface area contributed by atoms with E-state index in [0.29, 0.717) is 25.0 Å². The summed E-state index contributed by atoms with van der Waals surface area (Å²) in [5.74, 6) is 0.0288. The Bertz CT molecular complexity index is 708. The fraction of sp³-hybridized carbons (Fsp3) is 0.600. The van der Waals surface area contributed by atoms with Gasteiger partial charge in [-0.05, 0) is 50.3 Å². The summed E-state index contributed by atoms with van der Waals surface area (Å²) in [5.41, 5.74) is 3.26. The highest BCUT2D eigenvalue weighted by atomic mass is 35.5. The minimum atomic E-state index is -0.205. The molecule has 3 atom stereocenters. The molecule has 0 aromatic heterocycles. The Hall–Kier alpha value is -1.59. The zero-order chi connectivity index (χ0) is 17.6. The summed E-state index contributed by atoms with van der Waals surface area (Å²) in [4.78, 5) is 29.4. The molecule has 0 aliphatic carbocycles. The lowest BCUT2D eigenvalue weighted by atomic mass is 10.0. The van der Waals surface area contributed by atoms with Crippen LogP contribution in [-0.4, -0.2) is 48.4 Å². The monoisotopic (exact) mass is 377 g/mol. The maximum absolute atomic E-state index is 13.0. The first-order chi connectivity index (χ1) is 12.0. The molecule has 6 heteroatoms. The molecule has 3 heterocycles. The summed E-state index contributed by atoms with van der Waals surface area (Å²) in [7, 11) is 0. The molecule has 4 rings (SSSR count). The van der Waals surface area contributed by atoms with Gasteiger partial charge in [0.15, 0.2) is 0 Å². The lowest BCUT2D eigenvalue weighted by molar-refractivity contribution is -0.136. The SMILES string of the molecule is Cc1cccc(N2CC(C(=O)N3CCC4CCC(C3)N4)CC2=O)c1C.Cl. The maximum atomic E-state index is 13.0. The van der Waals surface area contributed by atoms with E-state index in [2.05, 4.69) is 18.3 Å². The minimum Gasteiger partial charge on any atom is -0.341 e. The average molecular weight is 378 g/mol. The number of benzene rings is 1. The molecule has 2 bridgehead atoms. The van der Waals surface area contributed by atoms with Crippen LogP contribution in [0.3, 0.4) is 0 Å². The zero-order valence-corrected chi connectivity index (χ0v) is 16.3. The van der Waals surface area contributed by atoms with E-state index in [9.17, 15) is 9.59 Å². The van der Waals surface area contributed by atoms with Gasteiger partial charge >= 0.3 is 0 Å². The van der Waals surface area contributed by atoms with Crippen molar-refractivity contribution in [1.29, 1.82) is 0 Å². The number of fused-ring (bicyclic) bond motifs is 2. The van der Waals surface area contributed by atoms with Crippen LogP contribution in [0.5, 0.6) is 0 Å². The van der Waals surface area contributed by atoms with E-state index >= 15 is 0 Å². The van der Waals surface area contributed by atoms with Crippen LogP contribution in [0, 0.1) is 19.8 Å². The highest BCUT2D eigenvalue weighted by molar-refractivity contribution is 6.01. The van der Waals surface area contributed by atoms with Crippen molar-refractivity contribution in [3.8, 4) is 0 Å². The van der Waals surface area contributed by atoms with Crippen LogP contribution in [0.15, 0.2) is 18.2 Å². The Labute approximate surface area is 161 Å². The lowest BCUT2D eigenvalue weighted by Gasteiger charge is -2.27. The summed E-state index contributed by atoms with van der Waals surface area (Å²) < 4.78 is 0. The number of carbonyl (C=O) groups is 2. The molecule has 3 unspecified atom stereocenters. The number of anilines is 1. The number of nitrogens with one attached hydrogen (secondary N) is 1. The third kappa shape index (κ3) is 3.47. The minimum absolute atomic E-state index is 0. The number of hydrogen-bond acceptors (Lipinski definition) is 3. The quantitative estimate of drug-likeness (QED) is 0.861. The predicted octanol–water partition coefficient (Wildman–Crippen LogP) is 2.43. The molecule has 5 nitrogen and oxygen atoms in total. The second kappa shape index (κ2) is 7.57. The summed E-state index contributed by atoms with van der Waals surface area (Å²) in [6, 6.07) is 7.03. The normalized spacial score (nSPS) is 28.1. The molecule has 26 heavy (non-hydrogen) atoms. The predicted molar refractivity (Wildman–Crippen MR) is 105 cm³/mol. The largest absolute Gasteiger partial charge is 0.341 e. The maximum Gasteiger partial charge on any atom is 0.228 e. The van der Waals surface area contributed by atoms with Gasteiger partial charge in [0.05, 0.1) is 5.92 Å². The lowest BCUT2D eigenvalue weighted by Crippen LogP contribution is -2.42. The van der Waals surface area contributed by atoms with Crippen molar-refractivity contribution in [2.24, 2.45) is 5.92 Å². The summed E-state index contributed by atoms with van der Waals surface area (Å²) in [5, 5.41) is 3.61. The van der Waals surface area contributed by atoms with Gasteiger partial charge in [0.2, 0.25) is 11.8 Å². The topological polar surface area (TPSA) is 52.7 Å². The second-order valence-electron chi connectivity index (χ2n) is 7.84. The number of amides is 2. The van der Waals surface area contributed by atoms with E-state index in [1.807, 2.05) is 28.9 Å². The van der Waals surface area contributed by atoms with E-state index in [-0.39, 0.29) is 30.1 Å². The number of nitrogens with zero attached hydrogens (tertiary/aromatic N) is 2. The molecule has 1 N–H and O–H groups in total. The molecule has 3 aliphatic rings. The number of likely N-dealkylation sites (tertiary alicyclic amines) is 1. The van der Waals surface area contributed by atoms with Crippen LogP contribution in [0.25, 0.3) is 0 Å². The van der Waals surface area contributed by atoms with Crippen molar-refractivity contribution < 1.29 is 9.59 Å². The molecule has 0 spiro atoms. The fourth-order valence-corrected chi connectivity index (χ4v) is 4.54. The standard InChI is InChI=1S/C20H27N3O2.ClH/c1-13-4-3-5-18(14(13)2)23-11-15(10-19(23)24)20(25)22-9-8-16-6-7-17(12-22)21-16;/h3-5,15-17,21H,6-12H2,1-2H3;1H. The van der Waals surface area contributed by atoms with Crippen LogP contribution in [0.4, 0.5) is 5.69 Å². The van der Waals surface area contributed by atoms with Crippen molar-refractivity contribution in [2.45, 2.75) is 51.6 Å². The third-order valence-electron chi connectivity index (χ3n) is 6.18. The van der Waals surface area contributed by atoms with E-state index in [0.717, 1.165) is 37.2 Å². The van der Waals surface area contributed by atoms with Gasteiger partial charge in [-0.2, -0.15) is 0 Å². The average Bonchev–Trinajstić information content (AvgIpc) is 3.12. The molecule has 1 aromatic carbocycles. The Kier molecular flexibility index (Phi) is 5.58. The molecule has 3 aliphatic heterocycles. The Morgan fingerprint density at radius 1 is 1.12 bits per heavy atom. The Morgan fingerprint density at radius 2 is 1.88 bits per heavy atom. The number of carbonyl (C=O) groups excluding carboxylic acids is 2. The number of aryl methyl sites for hydroxylation is 1. The molecule has 0 radical (unpaired) electrons. The van der Waals surface area contributed by atoms with Crippen LogP contribution in [-0.2, 0) is 9.59 Å². The van der Waals surface area contributed by atoms with Gasteiger partial charge in [0, 0.05) is 43.8 Å². The number of hydrogen-bond donors (Lipinski definition) is 1. The summed E-state index contributed by atoms with van der Waals surface area (Å²) in [6.45, 7) is 6.23. The van der Waals surface area contributed by atoms with Gasteiger partial charge in [0.25, 0.3) is 0 Å². The molecule has 142 valence electrons. The Balaban J connectivity index is 0.00000196. The first kappa shape index (κ1) is 19.2. The van der Waals surface area contributed by atoms with Gasteiger partial charge in [-0.25, -0.2) is 0 Å². The highest BCUT2D eigenvalue weighted by Gasteiger charge is 2.39. The van der Waals surface area contributed by atoms with Gasteiger partial charge in [-0.3, -0.25) is 9.59 Å². The van der Waals surface area contributed by atoms with Crippen molar-refractivity contribution >= 4 is 29.9 Å². The first-order valence-corrected chi connectivity index (χ1v) is 9.44. The smallest absolute Gasteiger partial charge is 0.228 e. The van der Waals surface area contributed by atoms with E-state index in [1.165, 1.54) is 12.0 Å². The zero-order valence-electron chi connectivity index (χ0n) is 15.5. The van der Waals surface area contributed by atoms with Crippen molar-refractivity contribution in [2.75, 3.05) is 24.5 Å². The number of rotatable bonds is 2. The summed E-state index contributed by atoms with van der Waals surface area (Å²) in [6.07, 6.45) is 3.76. The molecular formula is C20H28ClN3O2. The van der Waals surface area contributed by atoms with Crippen LogP contribution in [0.1, 0.15) is 36.8 Å². The Morgan fingerprint density at radius 3 is 2.69 bits per heavy atom. The van der Waals surface area contributed by atoms with Crippen LogP contribution >= 0.6 is 12.4 Å². The van der Waals surface area contributed by atoms with E-state index in [4.69, 9.17) is 0 Å². The van der Waals surface area contributed by atoms with Crippen molar-refractivity contribution in [3.05, 3.63) is 29.3 Å². The van der Waals surface area contributed by atoms with Crippen molar-refractivity contribution in [3.63, 3.8) is 0 Å². The molecule has 0 saturated carbocycles. The fourth-order valence-electron chi connectivity index (χ4n) is 4.54. The molecule has 2 amide bonds. The summed E-state index contributed by atoms with van der Waals surface area (Å²) >= 11 is 0. The van der Waals surface area contributed by atoms with E-state index in [1.54, 1.807) is 0 Å². The first-order valence-electron chi connectivity index (χ1n) is 9.44. The highest BCUT2D eigenvalue weighted by Crippen LogP contribution is 2.31. The van der Waals surface area contributed by atoms with Gasteiger partial charge < -0.3 is 15.1 Å². The van der Waals surface area contributed by atoms with E-state index < -0.39 is 0 Å². The van der Waals surface area contributed by atoms with Crippen LogP contribution < -0.4 is 10.2 Å². The molecule has 1 aromatic rings. The molecule has 3 fully saturated rings. The van der Waals surface area contributed by atoms with Crippen molar-refractivity contribution in [1.82, 2.24) is 10.2 Å². The van der Waals surface area contributed by atoms with Crippen LogP contribution in [0.2, 0.25) is 0 Å². The molecular weight excluding hydrogens is 350 g/mol. The van der Waals surface area contributed by atoms with Gasteiger partial charge in [-0.1, -0.05) is 12.1 Å². The second-order valence-corrected chi connectivity index (χ2v) is 7.84. The molecule has 3 saturated heterocycles. The van der Waals surface area contributed by atoms with Gasteiger partial charge in [-0.15, -0.1) is 12.4 Å². The van der Waals surface area contributed by atoms with Gasteiger partial charge in [0.1, 0.15) is 0 Å².